The molecule has 0 N–H and O–H groups in total. The number of halogens is 3. The van der Waals surface area contributed by atoms with Crippen molar-refractivity contribution in [3.05, 3.63) is 0 Å². The third-order valence-electron chi connectivity index (χ3n) is 0.235. The zero-order valence-electron chi connectivity index (χ0n) is 3.34. The Hall–Kier alpha value is 0.340. The highest BCUT2D eigenvalue weighted by atomic mass is 79.9. The molecule has 0 aromatic carbocycles. The van der Waals surface area contributed by atoms with E-state index in [-0.39, 0.29) is 5.33 Å². The third-order valence-corrected chi connectivity index (χ3v) is 1.22. The molecule has 0 unspecified atom stereocenters. The molecule has 0 aliphatic rings. The van der Waals surface area contributed by atoms with Gasteiger partial charge in [0.25, 0.3) is 5.92 Å². The highest BCUT2D eigenvalue weighted by molar-refractivity contribution is 9.09. The van der Waals surface area contributed by atoms with Crippen LogP contribution >= 0.6 is 15.9 Å². The Morgan fingerprint density at radius 2 is 1.83 bits per heavy atom. The van der Waals surface area contributed by atoms with Crippen LogP contribution < -0.4 is 0 Å². The van der Waals surface area contributed by atoms with E-state index in [1.807, 2.05) is 0 Å². The molecule has 0 rings (SSSR count). The zero-order valence-corrected chi connectivity index (χ0v) is 4.93. The fraction of sp³-hybridized carbons (Fsp3) is 1.00. The van der Waals surface area contributed by atoms with Gasteiger partial charge in [0.15, 0.2) is 0 Å². The first-order valence-corrected chi connectivity index (χ1v) is 2.62. The van der Waals surface area contributed by atoms with Gasteiger partial charge in [0.05, 0.1) is 5.33 Å². The molecule has 0 radical (unpaired) electrons. The average Bonchev–Trinajstić information content (AvgIpc) is 1.35. The van der Waals surface area contributed by atoms with Crippen molar-refractivity contribution in [1.29, 1.82) is 0 Å². The molecule has 0 aromatic heterocycles. The van der Waals surface area contributed by atoms with Gasteiger partial charge in [-0.3, -0.25) is 0 Å². The Kier molecular flexibility index (Phi) is 1.97. The molecule has 0 aliphatic carbocycles. The summed E-state index contributed by atoms with van der Waals surface area (Å²) in [5, 5.41) is -0.250. The van der Waals surface area contributed by atoms with Gasteiger partial charge in [0.1, 0.15) is 0 Å². The van der Waals surface area contributed by atoms with Gasteiger partial charge in [-0.1, -0.05) is 15.9 Å². The first kappa shape index (κ1) is 6.34. The molecule has 0 saturated carbocycles. The molecule has 0 aliphatic heterocycles. The lowest BCUT2D eigenvalue weighted by molar-refractivity contribution is 0.0506. The van der Waals surface area contributed by atoms with Gasteiger partial charge in [-0.05, 0) is 0 Å². The summed E-state index contributed by atoms with van der Waals surface area (Å²) in [5.41, 5.74) is 0. The first-order chi connectivity index (χ1) is 2.56. The maximum absolute atomic E-state index is 11.4. The van der Waals surface area contributed by atoms with E-state index in [0.29, 0.717) is 0 Å². The fourth-order valence-electron chi connectivity index (χ4n) is 0. The molecular formula is C3H5BrF2. The van der Waals surface area contributed by atoms with Gasteiger partial charge < -0.3 is 0 Å². The van der Waals surface area contributed by atoms with Gasteiger partial charge in [0, 0.05) is 6.92 Å². The SMILES string of the molecule is CC(F)(F)CBr. The van der Waals surface area contributed by atoms with Gasteiger partial charge in [-0.15, -0.1) is 0 Å². The summed E-state index contributed by atoms with van der Waals surface area (Å²) in [7, 11) is 0. The van der Waals surface area contributed by atoms with E-state index < -0.39 is 5.92 Å². The molecule has 0 atom stereocenters. The molecule has 0 fully saturated rings. The lowest BCUT2D eigenvalue weighted by atomic mass is 10.5. The standard InChI is InChI=1S/C3H5BrF2/c1-3(5,6)2-4/h2H2,1H3. The Morgan fingerprint density at radius 1 is 1.67 bits per heavy atom. The topological polar surface area (TPSA) is 0 Å². The molecule has 0 saturated heterocycles. The fourth-order valence-corrected chi connectivity index (χ4v) is 0. The highest BCUT2D eigenvalue weighted by Gasteiger charge is 2.17. The average molecular weight is 159 g/mol. The smallest absolute Gasteiger partial charge is 0.206 e. The molecule has 3 heteroatoms. The van der Waals surface area contributed by atoms with Gasteiger partial charge in [-0.2, -0.15) is 0 Å². The van der Waals surface area contributed by atoms with Crippen molar-refractivity contribution < 1.29 is 8.78 Å². The van der Waals surface area contributed by atoms with Crippen LogP contribution in [0.5, 0.6) is 0 Å². The molecule has 38 valence electrons. The van der Waals surface area contributed by atoms with Crippen LogP contribution in [-0.2, 0) is 0 Å². The van der Waals surface area contributed by atoms with Crippen LogP contribution in [0.2, 0.25) is 0 Å². The Bertz CT molecular complexity index is 38.5. The van der Waals surface area contributed by atoms with Crippen molar-refractivity contribution in [1.82, 2.24) is 0 Å². The van der Waals surface area contributed by atoms with E-state index in [2.05, 4.69) is 15.9 Å². The molecule has 6 heavy (non-hydrogen) atoms. The quantitative estimate of drug-likeness (QED) is 0.513. The van der Waals surface area contributed by atoms with Crippen molar-refractivity contribution in [2.24, 2.45) is 0 Å². The van der Waals surface area contributed by atoms with Gasteiger partial charge >= 0.3 is 0 Å². The molecular weight excluding hydrogens is 154 g/mol. The number of hydrogen-bond donors (Lipinski definition) is 0. The van der Waals surface area contributed by atoms with E-state index >= 15 is 0 Å². The van der Waals surface area contributed by atoms with E-state index in [9.17, 15) is 8.78 Å². The maximum Gasteiger partial charge on any atom is 0.254 e. The summed E-state index contributed by atoms with van der Waals surface area (Å²) >= 11 is 2.62. The van der Waals surface area contributed by atoms with Crippen molar-refractivity contribution in [3.63, 3.8) is 0 Å². The summed E-state index contributed by atoms with van der Waals surface area (Å²) in [4.78, 5) is 0. The third kappa shape index (κ3) is 4.34. The van der Waals surface area contributed by atoms with E-state index in [1.165, 1.54) is 0 Å². The summed E-state index contributed by atoms with van der Waals surface area (Å²) in [6, 6.07) is 0. The second kappa shape index (κ2) is 1.87. The van der Waals surface area contributed by atoms with Crippen molar-refractivity contribution in [3.8, 4) is 0 Å². The van der Waals surface area contributed by atoms with Crippen LogP contribution in [0.15, 0.2) is 0 Å². The minimum Gasteiger partial charge on any atom is -0.206 e. The highest BCUT2D eigenvalue weighted by Crippen LogP contribution is 2.13. The molecule has 0 amide bonds. The van der Waals surface area contributed by atoms with Crippen molar-refractivity contribution >= 4 is 15.9 Å². The number of hydrogen-bond acceptors (Lipinski definition) is 0. The van der Waals surface area contributed by atoms with E-state index in [0.717, 1.165) is 6.92 Å². The molecule has 0 aromatic rings. The molecule has 0 spiro atoms. The number of alkyl halides is 3. The second-order valence-corrected chi connectivity index (χ2v) is 1.76. The van der Waals surface area contributed by atoms with Crippen molar-refractivity contribution in [2.75, 3.05) is 5.33 Å². The second-order valence-electron chi connectivity index (χ2n) is 1.20. The van der Waals surface area contributed by atoms with Crippen molar-refractivity contribution in [2.45, 2.75) is 12.8 Å². The van der Waals surface area contributed by atoms with Gasteiger partial charge in [0.2, 0.25) is 0 Å². The largest absolute Gasteiger partial charge is 0.254 e. The summed E-state index contributed by atoms with van der Waals surface area (Å²) in [6.07, 6.45) is 0. The Morgan fingerprint density at radius 3 is 1.83 bits per heavy atom. The van der Waals surface area contributed by atoms with Crippen LogP contribution in [0, 0.1) is 0 Å². The molecule has 0 heterocycles. The van der Waals surface area contributed by atoms with E-state index in [1.54, 1.807) is 0 Å². The predicted molar refractivity (Wildman–Crippen MR) is 24.4 cm³/mol. The normalized spacial score (nSPS) is 12.0. The monoisotopic (exact) mass is 158 g/mol. The molecule has 0 nitrogen and oxygen atoms in total. The lowest BCUT2D eigenvalue weighted by Crippen LogP contribution is -2.09. The Labute approximate surface area is 43.7 Å². The lowest BCUT2D eigenvalue weighted by Gasteiger charge is -2.00. The zero-order chi connectivity index (χ0) is 5.21. The van der Waals surface area contributed by atoms with Crippen LogP contribution in [0.4, 0.5) is 8.78 Å². The Balaban J connectivity index is 3.17. The summed E-state index contributed by atoms with van der Waals surface area (Å²) in [5.74, 6) is -2.54. The van der Waals surface area contributed by atoms with Gasteiger partial charge in [-0.25, -0.2) is 8.78 Å². The van der Waals surface area contributed by atoms with E-state index in [4.69, 9.17) is 0 Å². The predicted octanol–water partition coefficient (Wildman–Crippen LogP) is 2.04. The minimum atomic E-state index is -2.54. The summed E-state index contributed by atoms with van der Waals surface area (Å²) < 4.78 is 22.8. The summed E-state index contributed by atoms with van der Waals surface area (Å²) in [6.45, 7) is 0.863. The van der Waals surface area contributed by atoms with Crippen LogP contribution in [0.25, 0.3) is 0 Å². The molecule has 0 bridgehead atoms. The number of rotatable bonds is 1. The van der Waals surface area contributed by atoms with Crippen LogP contribution in [0.1, 0.15) is 6.92 Å². The minimum absolute atomic E-state index is 0.250. The van der Waals surface area contributed by atoms with Crippen LogP contribution in [-0.4, -0.2) is 11.3 Å². The first-order valence-electron chi connectivity index (χ1n) is 1.50. The van der Waals surface area contributed by atoms with Crippen LogP contribution in [0.3, 0.4) is 0 Å². The maximum atomic E-state index is 11.4.